The van der Waals surface area contributed by atoms with E-state index >= 15 is 0 Å². The Labute approximate surface area is 263 Å². The molecule has 8 nitrogen and oxygen atoms in total. The predicted octanol–water partition coefficient (Wildman–Crippen LogP) is 7.00. The van der Waals surface area contributed by atoms with E-state index in [0.29, 0.717) is 31.6 Å². The van der Waals surface area contributed by atoms with Crippen LogP contribution in [0.3, 0.4) is 0 Å². The first-order valence-corrected chi connectivity index (χ1v) is 15.5. The Bertz CT molecular complexity index is 1700. The van der Waals surface area contributed by atoms with Crippen LogP contribution in [0.1, 0.15) is 16.7 Å². The molecule has 0 fully saturated rings. The lowest BCUT2D eigenvalue weighted by Gasteiger charge is -2.23. The minimum absolute atomic E-state index is 0.0492. The molecule has 0 saturated carbocycles. The van der Waals surface area contributed by atoms with Gasteiger partial charge in [-0.15, -0.1) is 0 Å². The lowest BCUT2D eigenvalue weighted by Crippen LogP contribution is -2.39. The number of sulfonamides is 1. The van der Waals surface area contributed by atoms with Gasteiger partial charge in [0, 0.05) is 15.6 Å². The van der Waals surface area contributed by atoms with Crippen molar-refractivity contribution >= 4 is 67.0 Å². The third-order valence-corrected chi connectivity index (χ3v) is 8.99. The Morgan fingerprint density at radius 2 is 1.71 bits per heavy atom. The van der Waals surface area contributed by atoms with Crippen molar-refractivity contribution in [2.75, 3.05) is 18.0 Å². The highest BCUT2D eigenvalue weighted by Crippen LogP contribution is 2.37. The number of ether oxygens (including phenoxy) is 2. The highest BCUT2D eigenvalue weighted by molar-refractivity contribution is 9.10. The standard InChI is InChI=1S/C30H26BrCl2N3O5S/c1-20-7-13-25(14-8-20)42(38,39)36(24-11-9-23(32)10-12-24)18-29(37)35-34-17-21-15-26(31)30(28(16-21)40-2)41-19-22-5-3-4-6-27(22)33/h3-17H,18-19H2,1-2H3,(H,35,37)/b34-17-. The van der Waals surface area contributed by atoms with Gasteiger partial charge in [-0.1, -0.05) is 59.1 Å². The van der Waals surface area contributed by atoms with Gasteiger partial charge in [0.25, 0.3) is 15.9 Å². The summed E-state index contributed by atoms with van der Waals surface area (Å²) in [4.78, 5) is 12.9. The summed E-state index contributed by atoms with van der Waals surface area (Å²) in [6.07, 6.45) is 1.41. The fraction of sp³-hybridized carbons (Fsp3) is 0.133. The van der Waals surface area contributed by atoms with Crippen molar-refractivity contribution < 1.29 is 22.7 Å². The van der Waals surface area contributed by atoms with E-state index in [-0.39, 0.29) is 17.2 Å². The summed E-state index contributed by atoms with van der Waals surface area (Å²) in [7, 11) is -2.56. The summed E-state index contributed by atoms with van der Waals surface area (Å²) < 4.78 is 40.0. The van der Waals surface area contributed by atoms with Crippen LogP contribution in [0.5, 0.6) is 11.5 Å². The molecular formula is C30H26BrCl2N3O5S. The fourth-order valence-corrected chi connectivity index (χ4v) is 6.14. The minimum atomic E-state index is -4.07. The number of carbonyl (C=O) groups is 1. The van der Waals surface area contributed by atoms with Crippen LogP contribution in [0.15, 0.2) is 99.4 Å². The molecule has 12 heteroatoms. The number of anilines is 1. The zero-order valence-electron chi connectivity index (χ0n) is 22.6. The third-order valence-electron chi connectivity index (χ3n) is 6.00. The van der Waals surface area contributed by atoms with E-state index < -0.39 is 22.5 Å². The molecule has 0 aliphatic rings. The van der Waals surface area contributed by atoms with Gasteiger partial charge in [-0.05, 0) is 83.0 Å². The van der Waals surface area contributed by atoms with Crippen LogP contribution in [0, 0.1) is 6.92 Å². The molecule has 0 unspecified atom stereocenters. The molecule has 218 valence electrons. The number of amides is 1. The molecule has 0 radical (unpaired) electrons. The van der Waals surface area contributed by atoms with Crippen LogP contribution in [0.2, 0.25) is 10.0 Å². The Morgan fingerprint density at radius 1 is 1.02 bits per heavy atom. The van der Waals surface area contributed by atoms with Crippen molar-refractivity contribution in [3.8, 4) is 11.5 Å². The number of nitrogens with one attached hydrogen (secondary N) is 1. The van der Waals surface area contributed by atoms with Crippen molar-refractivity contribution in [2.24, 2.45) is 5.10 Å². The Kier molecular flexibility index (Phi) is 10.5. The van der Waals surface area contributed by atoms with E-state index in [1.54, 1.807) is 42.5 Å². The molecule has 0 saturated heterocycles. The van der Waals surface area contributed by atoms with Crippen LogP contribution in [-0.2, 0) is 21.4 Å². The smallest absolute Gasteiger partial charge is 0.264 e. The summed E-state index contributed by atoms with van der Waals surface area (Å²) in [6, 6.07) is 23.3. The first-order chi connectivity index (χ1) is 20.1. The van der Waals surface area contributed by atoms with Crippen LogP contribution in [-0.4, -0.2) is 34.2 Å². The van der Waals surface area contributed by atoms with E-state index in [0.717, 1.165) is 15.4 Å². The number of aryl methyl sites for hydroxylation is 1. The zero-order chi connectivity index (χ0) is 30.3. The summed E-state index contributed by atoms with van der Waals surface area (Å²) in [5, 5.41) is 5.04. The molecule has 1 amide bonds. The van der Waals surface area contributed by atoms with Gasteiger partial charge in [0.05, 0.1) is 28.4 Å². The van der Waals surface area contributed by atoms with Gasteiger partial charge in [0.1, 0.15) is 13.2 Å². The number of hydrogen-bond acceptors (Lipinski definition) is 6. The quantitative estimate of drug-likeness (QED) is 0.135. The molecule has 0 atom stereocenters. The van der Waals surface area contributed by atoms with Gasteiger partial charge < -0.3 is 9.47 Å². The largest absolute Gasteiger partial charge is 0.493 e. The van der Waals surface area contributed by atoms with Crippen LogP contribution >= 0.6 is 39.1 Å². The Morgan fingerprint density at radius 3 is 2.38 bits per heavy atom. The number of nitrogens with zero attached hydrogens (tertiary/aromatic N) is 2. The van der Waals surface area contributed by atoms with E-state index in [9.17, 15) is 13.2 Å². The van der Waals surface area contributed by atoms with Crippen molar-refractivity contribution in [2.45, 2.75) is 18.4 Å². The predicted molar refractivity (Wildman–Crippen MR) is 169 cm³/mol. The molecule has 0 bridgehead atoms. The fourth-order valence-electron chi connectivity index (χ4n) is 3.82. The Hall–Kier alpha value is -3.57. The molecule has 1 N–H and O–H groups in total. The molecule has 42 heavy (non-hydrogen) atoms. The summed E-state index contributed by atoms with van der Waals surface area (Å²) >= 11 is 15.7. The zero-order valence-corrected chi connectivity index (χ0v) is 26.5. The molecule has 0 aliphatic carbocycles. The van der Waals surface area contributed by atoms with E-state index in [2.05, 4.69) is 26.5 Å². The highest BCUT2D eigenvalue weighted by Gasteiger charge is 2.27. The Balaban J connectivity index is 1.49. The summed E-state index contributed by atoms with van der Waals surface area (Å²) in [6.45, 7) is 1.57. The maximum absolute atomic E-state index is 13.5. The molecule has 0 spiro atoms. The molecule has 4 aromatic rings. The first-order valence-electron chi connectivity index (χ1n) is 12.5. The van der Waals surface area contributed by atoms with Crippen LogP contribution in [0.4, 0.5) is 5.69 Å². The van der Waals surface area contributed by atoms with Gasteiger partial charge in [-0.3, -0.25) is 9.10 Å². The molecule has 0 aromatic heterocycles. The second-order valence-corrected chi connectivity index (χ2v) is 12.6. The molecule has 0 aliphatic heterocycles. The topological polar surface area (TPSA) is 97.3 Å². The van der Waals surface area contributed by atoms with Crippen molar-refractivity contribution in [1.29, 1.82) is 0 Å². The van der Waals surface area contributed by atoms with Crippen molar-refractivity contribution in [3.05, 3.63) is 116 Å². The number of carbonyl (C=O) groups excluding carboxylic acids is 1. The minimum Gasteiger partial charge on any atom is -0.493 e. The molecule has 4 aromatic carbocycles. The number of rotatable bonds is 11. The number of hydrogen-bond donors (Lipinski definition) is 1. The van der Waals surface area contributed by atoms with Crippen molar-refractivity contribution in [3.63, 3.8) is 0 Å². The average molecular weight is 691 g/mol. The summed E-state index contributed by atoms with van der Waals surface area (Å²) in [5.41, 5.74) is 4.99. The van der Waals surface area contributed by atoms with Gasteiger partial charge in [0.15, 0.2) is 11.5 Å². The van der Waals surface area contributed by atoms with Crippen LogP contribution < -0.4 is 19.2 Å². The van der Waals surface area contributed by atoms with Gasteiger partial charge in [-0.2, -0.15) is 5.10 Å². The van der Waals surface area contributed by atoms with Gasteiger partial charge >= 0.3 is 0 Å². The maximum atomic E-state index is 13.5. The number of hydrazone groups is 1. The number of methoxy groups -OCH3 is 1. The van der Waals surface area contributed by atoms with E-state index in [1.807, 2.05) is 25.1 Å². The lowest BCUT2D eigenvalue weighted by atomic mass is 10.2. The molecule has 4 rings (SSSR count). The van der Waals surface area contributed by atoms with Gasteiger partial charge in [-0.25, -0.2) is 13.8 Å². The third kappa shape index (κ3) is 7.83. The van der Waals surface area contributed by atoms with E-state index in [1.165, 1.54) is 37.6 Å². The second kappa shape index (κ2) is 14.1. The second-order valence-electron chi connectivity index (χ2n) is 9.01. The SMILES string of the molecule is COc1cc(/C=N\NC(=O)CN(c2ccc(Cl)cc2)S(=O)(=O)c2ccc(C)cc2)cc(Br)c1OCc1ccccc1Cl. The lowest BCUT2D eigenvalue weighted by molar-refractivity contribution is -0.119. The maximum Gasteiger partial charge on any atom is 0.264 e. The number of halogens is 3. The number of benzene rings is 4. The highest BCUT2D eigenvalue weighted by atomic mass is 79.9. The van der Waals surface area contributed by atoms with E-state index in [4.69, 9.17) is 32.7 Å². The molecular weight excluding hydrogens is 665 g/mol. The average Bonchev–Trinajstić information content (AvgIpc) is 2.96. The van der Waals surface area contributed by atoms with Crippen molar-refractivity contribution in [1.82, 2.24) is 5.43 Å². The molecule has 0 heterocycles. The van der Waals surface area contributed by atoms with Gasteiger partial charge in [0.2, 0.25) is 0 Å². The van der Waals surface area contributed by atoms with Crippen LogP contribution in [0.25, 0.3) is 0 Å². The monoisotopic (exact) mass is 689 g/mol. The normalized spacial score (nSPS) is 11.4. The summed E-state index contributed by atoms with van der Waals surface area (Å²) in [5.74, 6) is 0.253. The first kappa shape index (κ1) is 31.4.